The number of hydrogen-bond acceptors (Lipinski definition) is 10. The first-order valence-corrected chi connectivity index (χ1v) is 18.5. The number of aromatic nitrogens is 2. The summed E-state index contributed by atoms with van der Waals surface area (Å²) in [6, 6.07) is 8.79. The number of carbonyl (C=O) groups excluding carboxylic acids is 3. The van der Waals surface area contributed by atoms with Crippen LogP contribution in [0.15, 0.2) is 40.4 Å². The molecule has 0 unspecified atom stereocenters. The lowest BCUT2D eigenvalue weighted by Crippen LogP contribution is -2.61. The zero-order valence-electron chi connectivity index (χ0n) is 30.1. The summed E-state index contributed by atoms with van der Waals surface area (Å²) in [5.74, 6) is -0.223. The van der Waals surface area contributed by atoms with E-state index < -0.39 is 23.7 Å². The number of aliphatic hydroxyl groups excluding tert-OH is 1. The monoisotopic (exact) mass is 706 g/mol. The van der Waals surface area contributed by atoms with Gasteiger partial charge in [-0.2, -0.15) is 0 Å². The van der Waals surface area contributed by atoms with Gasteiger partial charge in [0.25, 0.3) is 0 Å². The number of anilines is 1. The van der Waals surface area contributed by atoms with Crippen molar-refractivity contribution in [3.8, 4) is 10.4 Å². The van der Waals surface area contributed by atoms with Crippen LogP contribution in [-0.2, 0) is 14.3 Å². The lowest BCUT2D eigenvalue weighted by molar-refractivity contribution is -0.141. The Balaban J connectivity index is 1.07. The Morgan fingerprint density at radius 1 is 1.10 bits per heavy atom. The molecule has 50 heavy (non-hydrogen) atoms. The third kappa shape index (κ3) is 7.53. The normalized spacial score (nSPS) is 21.7. The fourth-order valence-electron chi connectivity index (χ4n) is 7.42. The first kappa shape index (κ1) is 35.8. The van der Waals surface area contributed by atoms with E-state index in [1.54, 1.807) is 16.2 Å². The van der Waals surface area contributed by atoms with Crippen molar-refractivity contribution in [3.05, 3.63) is 52.9 Å². The standard InChI is InChI=1S/C37H50N6O6S/c1-22(2)31(29-17-30(40-49-29)42-19-37(20-42)12-14-41(15-13-37)35(47)48-36(5,6)7)34(46)43-18-27(44)16-28(43)33(45)39-23(3)25-8-10-26(11-9-25)32-24(4)38-21-50-32/h8-11,17,21-23,27-28,31,44H,12-16,18-20H2,1-7H3,(H,39,45)/t23-,27+,28-,31+/m0/s1. The van der Waals surface area contributed by atoms with E-state index in [2.05, 4.69) is 20.4 Å². The Hall–Kier alpha value is -3.97. The van der Waals surface area contributed by atoms with E-state index in [1.165, 1.54) is 4.90 Å². The maximum absolute atomic E-state index is 14.1. The van der Waals surface area contributed by atoms with Gasteiger partial charge in [-0.1, -0.05) is 43.3 Å². The first-order chi connectivity index (χ1) is 23.6. The number of benzene rings is 1. The minimum absolute atomic E-state index is 0.0768. The summed E-state index contributed by atoms with van der Waals surface area (Å²) in [5, 5.41) is 18.1. The van der Waals surface area contributed by atoms with Gasteiger partial charge in [-0.15, -0.1) is 11.3 Å². The Morgan fingerprint density at radius 2 is 1.78 bits per heavy atom. The number of hydrogen-bond donors (Lipinski definition) is 2. The number of β-amino-alcohol motifs (C(OH)–C–C–N with tert-alkyl or cyclic N) is 1. The van der Waals surface area contributed by atoms with Gasteiger partial charge in [0.2, 0.25) is 11.8 Å². The van der Waals surface area contributed by atoms with Gasteiger partial charge in [-0.25, -0.2) is 9.78 Å². The lowest BCUT2D eigenvalue weighted by Gasteiger charge is -2.53. The molecule has 1 spiro atoms. The fourth-order valence-corrected chi connectivity index (χ4v) is 8.23. The second kappa shape index (κ2) is 14.0. The summed E-state index contributed by atoms with van der Waals surface area (Å²) >= 11 is 1.59. The molecule has 3 fully saturated rings. The number of rotatable bonds is 8. The average Bonchev–Trinajstić information content (AvgIpc) is 3.79. The number of carbonyl (C=O) groups is 3. The van der Waals surface area contributed by atoms with Crippen LogP contribution in [0.4, 0.5) is 10.6 Å². The highest BCUT2D eigenvalue weighted by Gasteiger charge is 2.48. The largest absolute Gasteiger partial charge is 0.444 e. The Morgan fingerprint density at radius 3 is 2.38 bits per heavy atom. The fraction of sp³-hybridized carbons (Fsp3) is 0.595. The van der Waals surface area contributed by atoms with Crippen LogP contribution >= 0.6 is 11.3 Å². The molecule has 270 valence electrons. The van der Waals surface area contributed by atoms with Crippen LogP contribution in [0.3, 0.4) is 0 Å². The molecular formula is C37H50N6O6S. The van der Waals surface area contributed by atoms with Crippen LogP contribution in [0.5, 0.6) is 0 Å². The molecule has 1 aromatic carbocycles. The molecule has 2 aromatic heterocycles. The third-order valence-corrected chi connectivity index (χ3v) is 11.2. The first-order valence-electron chi connectivity index (χ1n) is 17.6. The quantitative estimate of drug-likeness (QED) is 0.310. The van der Waals surface area contributed by atoms with Crippen molar-refractivity contribution in [1.29, 1.82) is 0 Å². The summed E-state index contributed by atoms with van der Waals surface area (Å²) in [4.78, 5) is 51.2. The smallest absolute Gasteiger partial charge is 0.410 e. The summed E-state index contributed by atoms with van der Waals surface area (Å²) in [7, 11) is 0. The number of nitrogens with one attached hydrogen (secondary N) is 1. The molecule has 4 atom stereocenters. The van der Waals surface area contributed by atoms with Crippen molar-refractivity contribution >= 4 is 35.1 Å². The third-order valence-electron chi connectivity index (χ3n) is 10.2. The number of piperidine rings is 1. The van der Waals surface area contributed by atoms with E-state index in [1.807, 2.05) is 84.3 Å². The summed E-state index contributed by atoms with van der Waals surface area (Å²) in [5.41, 5.74) is 4.42. The molecule has 3 amide bonds. The van der Waals surface area contributed by atoms with E-state index in [0.29, 0.717) is 24.7 Å². The van der Waals surface area contributed by atoms with E-state index in [0.717, 1.165) is 47.6 Å². The minimum atomic E-state index is -0.802. The number of nitrogens with zero attached hydrogens (tertiary/aromatic N) is 5. The number of ether oxygens (including phenoxy) is 1. The van der Waals surface area contributed by atoms with Crippen molar-refractivity contribution in [1.82, 2.24) is 25.3 Å². The lowest BCUT2D eigenvalue weighted by atomic mass is 9.72. The Labute approximate surface area is 298 Å². The Kier molecular flexibility index (Phi) is 10.0. The zero-order valence-corrected chi connectivity index (χ0v) is 31.0. The van der Waals surface area contributed by atoms with Crippen LogP contribution in [0.1, 0.15) is 89.8 Å². The molecule has 13 heteroatoms. The highest BCUT2D eigenvalue weighted by Crippen LogP contribution is 2.43. The molecule has 0 bridgehead atoms. The predicted molar refractivity (Wildman–Crippen MR) is 191 cm³/mol. The van der Waals surface area contributed by atoms with Gasteiger partial charge < -0.3 is 34.4 Å². The van der Waals surface area contributed by atoms with E-state index in [4.69, 9.17) is 9.26 Å². The molecule has 3 aliphatic heterocycles. The SMILES string of the molecule is Cc1ncsc1-c1ccc([C@H](C)NC(=O)[C@@H]2C[C@@H](O)CN2C(=O)[C@@H](c2cc(N3CC4(CCN(C(=O)OC(C)(C)C)CC4)C3)no2)C(C)C)cc1. The van der Waals surface area contributed by atoms with Gasteiger partial charge in [0.1, 0.15) is 17.6 Å². The van der Waals surface area contributed by atoms with E-state index >= 15 is 0 Å². The Bertz CT molecular complexity index is 1680. The number of likely N-dealkylation sites (tertiary alicyclic amines) is 2. The topological polar surface area (TPSA) is 141 Å². The van der Waals surface area contributed by atoms with Crippen molar-refractivity contribution in [2.24, 2.45) is 11.3 Å². The maximum atomic E-state index is 14.1. The van der Waals surface area contributed by atoms with Crippen molar-refractivity contribution in [2.75, 3.05) is 37.6 Å². The van der Waals surface area contributed by atoms with Crippen molar-refractivity contribution in [3.63, 3.8) is 0 Å². The van der Waals surface area contributed by atoms with Crippen LogP contribution in [0, 0.1) is 18.3 Å². The average molecular weight is 707 g/mol. The molecule has 5 heterocycles. The molecule has 3 saturated heterocycles. The molecular weight excluding hydrogens is 657 g/mol. The summed E-state index contributed by atoms with van der Waals surface area (Å²) in [6.07, 6.45) is 0.878. The molecule has 0 saturated carbocycles. The minimum Gasteiger partial charge on any atom is -0.444 e. The highest BCUT2D eigenvalue weighted by molar-refractivity contribution is 7.13. The molecule has 2 N–H and O–H groups in total. The molecule has 6 rings (SSSR count). The number of amides is 3. The summed E-state index contributed by atoms with van der Waals surface area (Å²) in [6.45, 7) is 16.4. The van der Waals surface area contributed by atoms with Gasteiger partial charge in [0.05, 0.1) is 28.2 Å². The maximum Gasteiger partial charge on any atom is 0.410 e. The number of thiazole rings is 1. The van der Waals surface area contributed by atoms with Crippen LogP contribution in [-0.4, -0.2) is 93.4 Å². The van der Waals surface area contributed by atoms with Crippen molar-refractivity contribution < 1.29 is 28.8 Å². The molecule has 0 radical (unpaired) electrons. The van der Waals surface area contributed by atoms with Gasteiger partial charge in [0, 0.05) is 50.6 Å². The van der Waals surface area contributed by atoms with E-state index in [9.17, 15) is 19.5 Å². The van der Waals surface area contributed by atoms with Crippen LogP contribution < -0.4 is 10.2 Å². The van der Waals surface area contributed by atoms with Gasteiger partial charge in [-0.05, 0) is 64.5 Å². The molecule has 3 aromatic rings. The second-order valence-corrected chi connectivity index (χ2v) is 16.5. The number of aryl methyl sites for hydroxylation is 1. The highest BCUT2D eigenvalue weighted by atomic mass is 32.1. The van der Waals surface area contributed by atoms with Crippen LogP contribution in [0.25, 0.3) is 10.4 Å². The number of aliphatic hydroxyl groups is 1. The van der Waals surface area contributed by atoms with Gasteiger partial charge >= 0.3 is 6.09 Å². The summed E-state index contributed by atoms with van der Waals surface area (Å²) < 4.78 is 11.4. The predicted octanol–water partition coefficient (Wildman–Crippen LogP) is 5.52. The van der Waals surface area contributed by atoms with Gasteiger partial charge in [-0.3, -0.25) is 9.59 Å². The molecule has 3 aliphatic rings. The van der Waals surface area contributed by atoms with Gasteiger partial charge in [0.15, 0.2) is 11.6 Å². The van der Waals surface area contributed by atoms with E-state index in [-0.39, 0.29) is 48.2 Å². The zero-order chi connectivity index (χ0) is 36.0. The van der Waals surface area contributed by atoms with Crippen molar-refractivity contribution in [2.45, 2.75) is 97.4 Å². The van der Waals surface area contributed by atoms with Crippen LogP contribution in [0.2, 0.25) is 0 Å². The molecule has 0 aliphatic carbocycles. The second-order valence-electron chi connectivity index (χ2n) is 15.6. The molecule has 12 nitrogen and oxygen atoms in total.